The van der Waals surface area contributed by atoms with Crippen LogP contribution in [0.1, 0.15) is 56.9 Å². The van der Waals surface area contributed by atoms with Crippen LogP contribution in [0.15, 0.2) is 42.0 Å². The van der Waals surface area contributed by atoms with Crippen molar-refractivity contribution in [3.05, 3.63) is 47.5 Å². The molecule has 1 aromatic carbocycles. The van der Waals surface area contributed by atoms with E-state index in [1.165, 1.54) is 24.0 Å². The first-order valence-corrected chi connectivity index (χ1v) is 9.37. The van der Waals surface area contributed by atoms with E-state index in [-0.39, 0.29) is 5.54 Å². The van der Waals surface area contributed by atoms with Crippen LogP contribution < -0.4 is 0 Å². The molecular weight excluding hydrogens is 298 g/mol. The zero-order chi connectivity index (χ0) is 16.8. The van der Waals surface area contributed by atoms with Gasteiger partial charge in [0.05, 0.1) is 6.42 Å². The van der Waals surface area contributed by atoms with Gasteiger partial charge in [-0.1, -0.05) is 42.0 Å². The molecule has 1 aliphatic heterocycles. The summed E-state index contributed by atoms with van der Waals surface area (Å²) in [4.78, 5) is 14.0. The van der Waals surface area contributed by atoms with E-state index in [9.17, 15) is 9.90 Å². The van der Waals surface area contributed by atoms with Gasteiger partial charge in [-0.15, -0.1) is 0 Å². The molecule has 130 valence electrons. The van der Waals surface area contributed by atoms with Crippen molar-refractivity contribution < 1.29 is 9.90 Å². The first-order valence-electron chi connectivity index (χ1n) is 9.37. The van der Waals surface area contributed by atoms with Gasteiger partial charge in [0.2, 0.25) is 0 Å². The van der Waals surface area contributed by atoms with Gasteiger partial charge in [0.15, 0.2) is 0 Å². The normalized spacial score (nSPS) is 27.2. The van der Waals surface area contributed by atoms with Crippen LogP contribution >= 0.6 is 0 Å². The van der Waals surface area contributed by atoms with Gasteiger partial charge in [-0.2, -0.15) is 0 Å². The second kappa shape index (κ2) is 7.98. The number of hydrogen-bond acceptors (Lipinski definition) is 2. The lowest BCUT2D eigenvalue weighted by molar-refractivity contribution is -0.140. The van der Waals surface area contributed by atoms with Gasteiger partial charge < -0.3 is 5.11 Å². The average Bonchev–Trinajstić information content (AvgIpc) is 3.05. The minimum absolute atomic E-state index is 0.106. The molecule has 1 aromatic rings. The van der Waals surface area contributed by atoms with E-state index < -0.39 is 5.97 Å². The summed E-state index contributed by atoms with van der Waals surface area (Å²) in [5.74, 6) is -0.640. The molecule has 3 rings (SSSR count). The topological polar surface area (TPSA) is 40.5 Å². The molecule has 1 heterocycles. The van der Waals surface area contributed by atoms with Crippen LogP contribution in [0.5, 0.6) is 0 Å². The fraction of sp³-hybridized carbons (Fsp3) is 0.571. The van der Waals surface area contributed by atoms with Gasteiger partial charge in [-0.3, -0.25) is 9.69 Å². The van der Waals surface area contributed by atoms with Crippen LogP contribution in [0.4, 0.5) is 0 Å². The van der Waals surface area contributed by atoms with Crippen LogP contribution in [0.25, 0.3) is 0 Å². The van der Waals surface area contributed by atoms with Crippen LogP contribution in [-0.4, -0.2) is 34.6 Å². The maximum absolute atomic E-state index is 11.5. The Hall–Kier alpha value is -1.61. The third-order valence-electron chi connectivity index (χ3n) is 5.78. The molecule has 1 N–H and O–H groups in total. The summed E-state index contributed by atoms with van der Waals surface area (Å²) in [6, 6.07) is 10.6. The molecule has 0 amide bonds. The summed E-state index contributed by atoms with van der Waals surface area (Å²) >= 11 is 0. The van der Waals surface area contributed by atoms with E-state index in [0.29, 0.717) is 6.42 Å². The zero-order valence-corrected chi connectivity index (χ0v) is 14.5. The Morgan fingerprint density at radius 2 is 1.83 bits per heavy atom. The van der Waals surface area contributed by atoms with Crippen molar-refractivity contribution in [3.63, 3.8) is 0 Å². The summed E-state index contributed by atoms with van der Waals surface area (Å²) < 4.78 is 0. The van der Waals surface area contributed by atoms with Gasteiger partial charge in [0, 0.05) is 5.54 Å². The molecule has 0 bridgehead atoms. The van der Waals surface area contributed by atoms with E-state index in [0.717, 1.165) is 51.6 Å². The summed E-state index contributed by atoms with van der Waals surface area (Å²) in [7, 11) is 0. The highest BCUT2D eigenvalue weighted by Gasteiger charge is 2.40. The monoisotopic (exact) mass is 327 g/mol. The molecule has 3 nitrogen and oxygen atoms in total. The smallest absolute Gasteiger partial charge is 0.305 e. The number of carboxylic acids is 1. The van der Waals surface area contributed by atoms with Gasteiger partial charge >= 0.3 is 5.97 Å². The highest BCUT2D eigenvalue weighted by atomic mass is 16.4. The van der Waals surface area contributed by atoms with Crippen molar-refractivity contribution in [1.82, 2.24) is 4.90 Å². The third-order valence-corrected chi connectivity index (χ3v) is 5.78. The Morgan fingerprint density at radius 1 is 1.08 bits per heavy atom. The molecule has 1 saturated heterocycles. The number of nitrogens with zero attached hydrogens (tertiary/aromatic N) is 1. The van der Waals surface area contributed by atoms with Gasteiger partial charge in [0.1, 0.15) is 0 Å². The third kappa shape index (κ3) is 4.27. The Labute approximate surface area is 145 Å². The molecule has 1 atom stereocenters. The first kappa shape index (κ1) is 17.2. The quantitative estimate of drug-likeness (QED) is 0.642. The Bertz CT molecular complexity index is 575. The number of hydrogen-bond donors (Lipinski definition) is 1. The number of allylic oxidation sites excluding steroid dienone is 2. The van der Waals surface area contributed by atoms with Gasteiger partial charge in [-0.05, 0) is 70.0 Å². The minimum atomic E-state index is -0.640. The maximum atomic E-state index is 11.5. The summed E-state index contributed by atoms with van der Waals surface area (Å²) in [6.45, 7) is 2.16. The van der Waals surface area contributed by atoms with Crippen LogP contribution in [-0.2, 0) is 11.2 Å². The van der Waals surface area contributed by atoms with Crippen molar-refractivity contribution >= 4 is 5.97 Å². The SMILES string of the molecule is O=C(O)CC1(N2CCCC2)CCC/C(=C/Cc2ccccc2)CC1. The predicted molar refractivity (Wildman–Crippen MR) is 97.1 cm³/mol. The van der Waals surface area contributed by atoms with E-state index in [2.05, 4.69) is 41.3 Å². The fourth-order valence-electron chi connectivity index (χ4n) is 4.45. The van der Waals surface area contributed by atoms with Crippen molar-refractivity contribution in [3.8, 4) is 0 Å². The lowest BCUT2D eigenvalue weighted by Gasteiger charge is -2.40. The van der Waals surface area contributed by atoms with Crippen LogP contribution in [0, 0.1) is 0 Å². The minimum Gasteiger partial charge on any atom is -0.481 e. The molecule has 2 fully saturated rings. The molecule has 0 aromatic heterocycles. The molecule has 1 unspecified atom stereocenters. The zero-order valence-electron chi connectivity index (χ0n) is 14.5. The van der Waals surface area contributed by atoms with E-state index in [1.807, 2.05) is 0 Å². The van der Waals surface area contributed by atoms with Crippen molar-refractivity contribution in [2.45, 2.75) is 63.3 Å². The number of carbonyl (C=O) groups is 1. The molecule has 1 saturated carbocycles. The average molecular weight is 327 g/mol. The molecule has 0 spiro atoms. The number of aliphatic carboxylic acids is 1. The van der Waals surface area contributed by atoms with Crippen molar-refractivity contribution in [1.29, 1.82) is 0 Å². The number of carboxylic acid groups (broad SMARTS) is 1. The molecule has 0 radical (unpaired) electrons. The van der Waals surface area contributed by atoms with Gasteiger partial charge in [-0.25, -0.2) is 0 Å². The molecule has 1 aliphatic carbocycles. The van der Waals surface area contributed by atoms with Gasteiger partial charge in [0.25, 0.3) is 0 Å². The lowest BCUT2D eigenvalue weighted by atomic mass is 9.85. The highest BCUT2D eigenvalue weighted by Crippen LogP contribution is 2.39. The van der Waals surface area contributed by atoms with E-state index in [4.69, 9.17) is 0 Å². The summed E-state index contributed by atoms with van der Waals surface area (Å²) in [6.07, 6.45) is 11.4. The largest absolute Gasteiger partial charge is 0.481 e. The lowest BCUT2D eigenvalue weighted by Crippen LogP contribution is -2.48. The predicted octanol–water partition coefficient (Wildman–Crippen LogP) is 4.43. The van der Waals surface area contributed by atoms with Crippen LogP contribution in [0.2, 0.25) is 0 Å². The second-order valence-electron chi connectivity index (χ2n) is 7.39. The van der Waals surface area contributed by atoms with Crippen molar-refractivity contribution in [2.75, 3.05) is 13.1 Å². The summed E-state index contributed by atoms with van der Waals surface area (Å²) in [5, 5.41) is 9.46. The van der Waals surface area contributed by atoms with Crippen molar-refractivity contribution in [2.24, 2.45) is 0 Å². The van der Waals surface area contributed by atoms with Crippen LogP contribution in [0.3, 0.4) is 0 Å². The first-order chi connectivity index (χ1) is 11.7. The Kier molecular flexibility index (Phi) is 5.72. The Balaban J connectivity index is 1.68. The number of likely N-dealkylation sites (tertiary alicyclic amines) is 1. The highest BCUT2D eigenvalue weighted by molar-refractivity contribution is 5.68. The Morgan fingerprint density at radius 3 is 2.54 bits per heavy atom. The second-order valence-corrected chi connectivity index (χ2v) is 7.39. The summed E-state index contributed by atoms with van der Waals surface area (Å²) in [5.41, 5.74) is 2.76. The maximum Gasteiger partial charge on any atom is 0.305 e. The van der Waals surface area contributed by atoms with E-state index >= 15 is 0 Å². The van der Waals surface area contributed by atoms with E-state index in [1.54, 1.807) is 0 Å². The fourth-order valence-corrected chi connectivity index (χ4v) is 4.45. The number of benzene rings is 1. The molecular formula is C21H29NO2. The molecule has 24 heavy (non-hydrogen) atoms. The standard InChI is InChI=1S/C21H29NO2/c23-20(24)17-21(22-15-4-5-16-22)13-6-9-19(12-14-21)11-10-18-7-2-1-3-8-18/h1-3,7-8,11H,4-6,9-10,12-17H2,(H,23,24)/b19-11-. The molecule has 2 aliphatic rings. The molecule has 3 heteroatoms. The number of rotatable bonds is 5.